The summed E-state index contributed by atoms with van der Waals surface area (Å²) in [6.45, 7) is 4.42. The van der Waals surface area contributed by atoms with Gasteiger partial charge in [-0.1, -0.05) is 0 Å². The molecule has 2 heterocycles. The number of nitrogens with zero attached hydrogens (tertiary/aromatic N) is 2. The molecular formula is C11H15N5OS. The summed E-state index contributed by atoms with van der Waals surface area (Å²) in [6.07, 6.45) is 0. The second-order valence-corrected chi connectivity index (χ2v) is 4.73. The zero-order valence-electron chi connectivity index (χ0n) is 10.2. The first-order valence-corrected chi connectivity index (χ1v) is 6.54. The van der Waals surface area contributed by atoms with Gasteiger partial charge in [0.2, 0.25) is 11.9 Å². The van der Waals surface area contributed by atoms with Crippen LogP contribution in [-0.4, -0.2) is 28.5 Å². The lowest BCUT2D eigenvalue weighted by molar-refractivity contribution is -0.118. The highest BCUT2D eigenvalue weighted by molar-refractivity contribution is 7.16. The van der Waals surface area contributed by atoms with E-state index >= 15 is 0 Å². The van der Waals surface area contributed by atoms with E-state index in [2.05, 4.69) is 20.6 Å². The minimum absolute atomic E-state index is 0.415. The lowest BCUT2D eigenvalue weighted by Gasteiger charge is -2.12. The first-order chi connectivity index (χ1) is 8.61. The van der Waals surface area contributed by atoms with Gasteiger partial charge in [0.05, 0.1) is 5.39 Å². The molecule has 2 aromatic rings. The Kier molecular flexibility index (Phi) is 3.61. The van der Waals surface area contributed by atoms with Crippen LogP contribution in [0.25, 0.3) is 10.2 Å². The number of primary amides is 1. The summed E-state index contributed by atoms with van der Waals surface area (Å²) in [4.78, 5) is 20.7. The average Bonchev–Trinajstić information content (AvgIpc) is 2.77. The third kappa shape index (κ3) is 2.51. The van der Waals surface area contributed by atoms with Crippen molar-refractivity contribution in [3.8, 4) is 0 Å². The number of carbonyl (C=O) groups is 1. The summed E-state index contributed by atoms with van der Waals surface area (Å²) in [7, 11) is 0. The second-order valence-electron chi connectivity index (χ2n) is 3.83. The molecule has 0 saturated heterocycles. The van der Waals surface area contributed by atoms with E-state index in [1.165, 1.54) is 11.3 Å². The van der Waals surface area contributed by atoms with Gasteiger partial charge in [-0.2, -0.15) is 4.98 Å². The number of hydrogen-bond donors (Lipinski definition) is 3. The first kappa shape index (κ1) is 12.6. The van der Waals surface area contributed by atoms with Crippen molar-refractivity contribution in [2.75, 3.05) is 17.2 Å². The van der Waals surface area contributed by atoms with Gasteiger partial charge in [-0.15, -0.1) is 11.3 Å². The third-order valence-electron chi connectivity index (χ3n) is 2.44. The molecular weight excluding hydrogens is 250 g/mol. The van der Waals surface area contributed by atoms with Crippen molar-refractivity contribution in [3.63, 3.8) is 0 Å². The van der Waals surface area contributed by atoms with Crippen LogP contribution in [0.5, 0.6) is 0 Å². The van der Waals surface area contributed by atoms with E-state index < -0.39 is 11.9 Å². The summed E-state index contributed by atoms with van der Waals surface area (Å²) in [5.74, 6) is 0.761. The van der Waals surface area contributed by atoms with Crippen LogP contribution >= 0.6 is 11.3 Å². The third-order valence-corrected chi connectivity index (χ3v) is 3.25. The number of nitrogens with two attached hydrogens (primary N) is 1. The number of carbonyl (C=O) groups excluding carboxylic acids is 1. The Morgan fingerprint density at radius 3 is 3.00 bits per heavy atom. The Bertz CT molecular complexity index is 568. The maximum Gasteiger partial charge on any atom is 0.239 e. The fraction of sp³-hybridized carbons (Fsp3) is 0.364. The van der Waals surface area contributed by atoms with Crippen LogP contribution in [0.1, 0.15) is 13.8 Å². The van der Waals surface area contributed by atoms with Crippen molar-refractivity contribution in [2.45, 2.75) is 19.9 Å². The zero-order chi connectivity index (χ0) is 13.1. The zero-order valence-corrected chi connectivity index (χ0v) is 11.0. The van der Waals surface area contributed by atoms with Crippen molar-refractivity contribution in [1.29, 1.82) is 0 Å². The average molecular weight is 265 g/mol. The van der Waals surface area contributed by atoms with Gasteiger partial charge in [0, 0.05) is 6.54 Å². The van der Waals surface area contributed by atoms with Crippen LogP contribution in [0.4, 0.5) is 11.8 Å². The molecule has 1 atom stereocenters. The van der Waals surface area contributed by atoms with Crippen LogP contribution in [0, 0.1) is 0 Å². The fourth-order valence-corrected chi connectivity index (χ4v) is 2.24. The van der Waals surface area contributed by atoms with E-state index in [0.29, 0.717) is 11.8 Å². The van der Waals surface area contributed by atoms with Gasteiger partial charge in [0.15, 0.2) is 0 Å². The number of aromatic nitrogens is 2. The monoisotopic (exact) mass is 265 g/mol. The van der Waals surface area contributed by atoms with Crippen molar-refractivity contribution < 1.29 is 4.79 Å². The molecule has 0 spiro atoms. The highest BCUT2D eigenvalue weighted by atomic mass is 32.1. The number of amides is 1. The number of fused-ring (bicyclic) bond motifs is 1. The van der Waals surface area contributed by atoms with Gasteiger partial charge in [-0.3, -0.25) is 4.79 Å². The number of rotatable bonds is 5. The van der Waals surface area contributed by atoms with E-state index in [1.54, 1.807) is 6.92 Å². The molecule has 0 saturated carbocycles. The van der Waals surface area contributed by atoms with Crippen molar-refractivity contribution in [2.24, 2.45) is 5.73 Å². The number of thiophene rings is 1. The van der Waals surface area contributed by atoms with Gasteiger partial charge >= 0.3 is 0 Å². The lowest BCUT2D eigenvalue weighted by atomic mass is 10.3. The molecule has 0 bridgehead atoms. The molecule has 0 aliphatic carbocycles. The summed E-state index contributed by atoms with van der Waals surface area (Å²) < 4.78 is 0. The molecule has 0 fully saturated rings. The molecule has 18 heavy (non-hydrogen) atoms. The normalized spacial score (nSPS) is 12.3. The summed E-state index contributed by atoms with van der Waals surface area (Å²) in [5.41, 5.74) is 5.24. The Labute approximate surface area is 109 Å². The lowest BCUT2D eigenvalue weighted by Crippen LogP contribution is -2.32. The molecule has 0 aliphatic heterocycles. The van der Waals surface area contributed by atoms with Gasteiger partial charge in [0.25, 0.3) is 0 Å². The molecule has 6 nitrogen and oxygen atoms in total. The number of hydrogen-bond acceptors (Lipinski definition) is 6. The predicted octanol–water partition coefficient (Wildman–Crippen LogP) is 1.41. The second kappa shape index (κ2) is 5.18. The van der Waals surface area contributed by atoms with Crippen LogP contribution in [0.2, 0.25) is 0 Å². The highest BCUT2D eigenvalue weighted by Crippen LogP contribution is 2.26. The van der Waals surface area contributed by atoms with Crippen molar-refractivity contribution >= 4 is 39.2 Å². The van der Waals surface area contributed by atoms with Crippen molar-refractivity contribution in [3.05, 3.63) is 11.4 Å². The highest BCUT2D eigenvalue weighted by Gasteiger charge is 2.13. The molecule has 96 valence electrons. The Balaban J connectivity index is 2.40. The first-order valence-electron chi connectivity index (χ1n) is 5.66. The smallest absolute Gasteiger partial charge is 0.239 e. The van der Waals surface area contributed by atoms with Gasteiger partial charge in [0.1, 0.15) is 16.7 Å². The summed E-state index contributed by atoms with van der Waals surface area (Å²) in [6, 6.07) is 1.45. The molecule has 1 amide bonds. The maximum absolute atomic E-state index is 11.1. The number of nitrogens with one attached hydrogen (secondary N) is 2. The summed E-state index contributed by atoms with van der Waals surface area (Å²) >= 11 is 1.53. The van der Waals surface area contributed by atoms with Gasteiger partial charge in [-0.05, 0) is 25.3 Å². The SMILES string of the molecule is CCNc1nc(NC(C)C(N)=O)c2ccsc2n1. The van der Waals surface area contributed by atoms with Crippen LogP contribution < -0.4 is 16.4 Å². The Morgan fingerprint density at radius 1 is 1.56 bits per heavy atom. The summed E-state index contributed by atoms with van der Waals surface area (Å²) in [5, 5.41) is 8.91. The molecule has 4 N–H and O–H groups in total. The van der Waals surface area contributed by atoms with E-state index in [9.17, 15) is 4.79 Å². The Morgan fingerprint density at radius 2 is 2.33 bits per heavy atom. The topological polar surface area (TPSA) is 92.9 Å². The van der Waals surface area contributed by atoms with Crippen LogP contribution in [0.3, 0.4) is 0 Å². The van der Waals surface area contributed by atoms with Crippen LogP contribution in [0.15, 0.2) is 11.4 Å². The van der Waals surface area contributed by atoms with E-state index in [0.717, 1.165) is 16.8 Å². The number of anilines is 2. The van der Waals surface area contributed by atoms with E-state index in [-0.39, 0.29) is 0 Å². The molecule has 2 rings (SSSR count). The Hall–Kier alpha value is -1.89. The maximum atomic E-state index is 11.1. The van der Waals surface area contributed by atoms with E-state index in [1.807, 2.05) is 18.4 Å². The predicted molar refractivity (Wildman–Crippen MR) is 73.9 cm³/mol. The molecule has 0 aromatic carbocycles. The van der Waals surface area contributed by atoms with Gasteiger partial charge in [-0.25, -0.2) is 4.98 Å². The fourth-order valence-electron chi connectivity index (χ4n) is 1.48. The molecule has 0 aliphatic rings. The minimum atomic E-state index is -0.475. The van der Waals surface area contributed by atoms with Crippen molar-refractivity contribution in [1.82, 2.24) is 9.97 Å². The molecule has 2 aromatic heterocycles. The largest absolute Gasteiger partial charge is 0.368 e. The minimum Gasteiger partial charge on any atom is -0.368 e. The standard InChI is InChI=1S/C11H15N5OS/c1-3-13-11-15-9(14-6(2)8(12)17)7-4-5-18-10(7)16-11/h4-6H,3H2,1-2H3,(H2,12,17)(H2,13,14,15,16). The quantitative estimate of drug-likeness (QED) is 0.760. The molecule has 0 radical (unpaired) electrons. The van der Waals surface area contributed by atoms with Crippen LogP contribution in [-0.2, 0) is 4.79 Å². The van der Waals surface area contributed by atoms with Gasteiger partial charge < -0.3 is 16.4 Å². The molecule has 7 heteroatoms. The van der Waals surface area contributed by atoms with E-state index in [4.69, 9.17) is 5.73 Å². The molecule has 1 unspecified atom stereocenters.